The second kappa shape index (κ2) is 12.0. The topological polar surface area (TPSA) is 86.6 Å². The average molecular weight is 513 g/mol. The smallest absolute Gasteiger partial charge is 0.140 e. The molecule has 2 N–H and O–H groups in total. The number of benzene rings is 3. The van der Waals surface area contributed by atoms with Gasteiger partial charge in [-0.05, 0) is 59.5 Å². The quantitative estimate of drug-likeness (QED) is 0.400. The Kier molecular flexibility index (Phi) is 8.79. The first-order chi connectivity index (χ1) is 17.8. The normalized spacial score (nSPS) is 22.1. The minimum Gasteiger partial charge on any atom is -0.497 e. The third-order valence-corrected chi connectivity index (χ3v) is 6.56. The molecule has 1 aliphatic rings. The van der Waals surface area contributed by atoms with Crippen LogP contribution in [-0.4, -0.2) is 55.5 Å². The number of hydrogen-bond acceptors (Lipinski definition) is 7. The van der Waals surface area contributed by atoms with Crippen LogP contribution in [0.2, 0.25) is 0 Å². The van der Waals surface area contributed by atoms with E-state index in [2.05, 4.69) is 0 Å². The number of hydrogen-bond donors (Lipinski definition) is 2. The maximum Gasteiger partial charge on any atom is 0.140 e. The first kappa shape index (κ1) is 27.0. The van der Waals surface area contributed by atoms with E-state index in [4.69, 9.17) is 23.7 Å². The Morgan fingerprint density at radius 1 is 0.946 bits per heavy atom. The lowest BCUT2D eigenvalue weighted by atomic mass is 9.91. The molecular formula is C29H33FO7. The predicted molar refractivity (Wildman–Crippen MR) is 135 cm³/mol. The van der Waals surface area contributed by atoms with Crippen LogP contribution >= 0.6 is 0 Å². The van der Waals surface area contributed by atoms with Gasteiger partial charge in [0.2, 0.25) is 0 Å². The molecule has 0 aromatic heterocycles. The molecule has 4 rings (SSSR count). The Morgan fingerprint density at radius 2 is 1.54 bits per heavy atom. The van der Waals surface area contributed by atoms with Crippen LogP contribution in [0.5, 0.6) is 11.5 Å². The minimum absolute atomic E-state index is 0.0715. The van der Waals surface area contributed by atoms with E-state index in [1.54, 1.807) is 27.2 Å². The van der Waals surface area contributed by atoms with Gasteiger partial charge in [-0.1, -0.05) is 36.4 Å². The van der Waals surface area contributed by atoms with Gasteiger partial charge in [-0.25, -0.2) is 4.39 Å². The lowest BCUT2D eigenvalue weighted by Gasteiger charge is -2.32. The van der Waals surface area contributed by atoms with Gasteiger partial charge in [0.25, 0.3) is 0 Å². The summed E-state index contributed by atoms with van der Waals surface area (Å²) >= 11 is 0. The third-order valence-electron chi connectivity index (χ3n) is 6.56. The standard InChI is InChI=1S/C29H33FO7/c1-19-14-22(8-13-25(19)30)26(31)27-28(36-16-21-6-11-24(34-3)12-7-21)29(32,18-37-27)17-35-15-20-4-9-23(33-2)10-5-20/h4-14,26-28,31-32H,15-18H2,1-3H3/t26-,27+,28+,29+/m1/s1. The zero-order valence-electron chi connectivity index (χ0n) is 21.2. The molecule has 1 saturated heterocycles. The second-order valence-electron chi connectivity index (χ2n) is 9.25. The highest BCUT2D eigenvalue weighted by atomic mass is 19.1. The van der Waals surface area contributed by atoms with Crippen LogP contribution in [-0.2, 0) is 27.4 Å². The van der Waals surface area contributed by atoms with Gasteiger partial charge < -0.3 is 33.9 Å². The lowest BCUT2D eigenvalue weighted by Crippen LogP contribution is -2.50. The van der Waals surface area contributed by atoms with E-state index in [-0.39, 0.29) is 32.2 Å². The van der Waals surface area contributed by atoms with Gasteiger partial charge in [0, 0.05) is 0 Å². The molecule has 0 aliphatic carbocycles. The maximum atomic E-state index is 13.8. The molecule has 3 aromatic rings. The van der Waals surface area contributed by atoms with Crippen LogP contribution in [0.15, 0.2) is 66.7 Å². The Hall–Kier alpha value is -3.01. The zero-order chi connectivity index (χ0) is 26.4. The van der Waals surface area contributed by atoms with E-state index in [0.717, 1.165) is 22.6 Å². The largest absolute Gasteiger partial charge is 0.497 e. The summed E-state index contributed by atoms with van der Waals surface area (Å²) in [7, 11) is 3.20. The van der Waals surface area contributed by atoms with E-state index in [1.165, 1.54) is 12.1 Å². The molecular weight excluding hydrogens is 479 g/mol. The van der Waals surface area contributed by atoms with Crippen molar-refractivity contribution in [2.24, 2.45) is 0 Å². The number of aryl methyl sites for hydroxylation is 1. The average Bonchev–Trinajstić information content (AvgIpc) is 3.25. The van der Waals surface area contributed by atoms with Gasteiger partial charge in [-0.15, -0.1) is 0 Å². The summed E-state index contributed by atoms with van der Waals surface area (Å²) in [4.78, 5) is 0. The summed E-state index contributed by atoms with van der Waals surface area (Å²) in [5, 5.41) is 22.7. The molecule has 1 heterocycles. The molecule has 0 amide bonds. The summed E-state index contributed by atoms with van der Waals surface area (Å²) in [6.45, 7) is 1.90. The number of aliphatic hydroxyl groups excluding tert-OH is 1. The van der Waals surface area contributed by atoms with Crippen molar-refractivity contribution in [3.05, 3.63) is 94.8 Å². The third kappa shape index (κ3) is 6.47. The fourth-order valence-electron chi connectivity index (χ4n) is 4.36. The van der Waals surface area contributed by atoms with E-state index in [0.29, 0.717) is 11.1 Å². The zero-order valence-corrected chi connectivity index (χ0v) is 21.2. The molecule has 0 bridgehead atoms. The molecule has 0 radical (unpaired) electrons. The molecule has 3 aromatic carbocycles. The van der Waals surface area contributed by atoms with Crippen molar-refractivity contribution in [3.8, 4) is 11.5 Å². The van der Waals surface area contributed by atoms with E-state index in [9.17, 15) is 14.6 Å². The lowest BCUT2D eigenvalue weighted by molar-refractivity contribution is -0.141. The Morgan fingerprint density at radius 3 is 2.11 bits per heavy atom. The van der Waals surface area contributed by atoms with Crippen molar-refractivity contribution in [1.29, 1.82) is 0 Å². The number of halogens is 1. The molecule has 37 heavy (non-hydrogen) atoms. The number of aliphatic hydroxyl groups is 2. The summed E-state index contributed by atoms with van der Waals surface area (Å²) in [6.07, 6.45) is -2.95. The molecule has 7 nitrogen and oxygen atoms in total. The molecule has 1 fully saturated rings. The van der Waals surface area contributed by atoms with Crippen molar-refractivity contribution < 1.29 is 38.3 Å². The van der Waals surface area contributed by atoms with Crippen LogP contribution in [0.1, 0.15) is 28.4 Å². The van der Waals surface area contributed by atoms with E-state index < -0.39 is 23.9 Å². The van der Waals surface area contributed by atoms with Crippen LogP contribution in [0, 0.1) is 12.7 Å². The first-order valence-corrected chi connectivity index (χ1v) is 12.1. The number of methoxy groups -OCH3 is 2. The van der Waals surface area contributed by atoms with Crippen molar-refractivity contribution in [1.82, 2.24) is 0 Å². The van der Waals surface area contributed by atoms with Gasteiger partial charge >= 0.3 is 0 Å². The maximum absolute atomic E-state index is 13.8. The summed E-state index contributed by atoms with van der Waals surface area (Å²) in [5.41, 5.74) is 1.14. The van der Waals surface area contributed by atoms with Crippen molar-refractivity contribution >= 4 is 0 Å². The molecule has 0 spiro atoms. The molecule has 1 aliphatic heterocycles. The summed E-state index contributed by atoms with van der Waals surface area (Å²) < 4.78 is 42.1. The Labute approximate surface area is 216 Å². The highest BCUT2D eigenvalue weighted by Crippen LogP contribution is 2.36. The predicted octanol–water partition coefficient (Wildman–Crippen LogP) is 4.12. The SMILES string of the molecule is COc1ccc(COC[C@]2(O)CO[C@@H]([C@H](O)c3ccc(F)c(C)c3)[C@@H]2OCc2ccc(OC)cc2)cc1. The van der Waals surface area contributed by atoms with Crippen molar-refractivity contribution in [2.45, 2.75) is 44.1 Å². The van der Waals surface area contributed by atoms with E-state index >= 15 is 0 Å². The Bertz CT molecular complexity index is 1150. The molecule has 4 atom stereocenters. The fourth-order valence-corrected chi connectivity index (χ4v) is 4.36. The van der Waals surface area contributed by atoms with Crippen LogP contribution in [0.25, 0.3) is 0 Å². The molecule has 198 valence electrons. The molecule has 8 heteroatoms. The summed E-state index contributed by atoms with van der Waals surface area (Å²) in [6, 6.07) is 19.2. The van der Waals surface area contributed by atoms with Crippen LogP contribution in [0.3, 0.4) is 0 Å². The number of ether oxygens (including phenoxy) is 5. The Balaban J connectivity index is 1.49. The highest BCUT2D eigenvalue weighted by molar-refractivity contribution is 5.29. The van der Waals surface area contributed by atoms with Gasteiger partial charge in [-0.3, -0.25) is 0 Å². The van der Waals surface area contributed by atoms with Crippen LogP contribution < -0.4 is 9.47 Å². The second-order valence-corrected chi connectivity index (χ2v) is 9.25. The highest BCUT2D eigenvalue weighted by Gasteiger charge is 2.52. The first-order valence-electron chi connectivity index (χ1n) is 12.1. The van der Waals surface area contributed by atoms with Gasteiger partial charge in [0.1, 0.15) is 41.2 Å². The fraction of sp³-hybridized carbons (Fsp3) is 0.379. The van der Waals surface area contributed by atoms with Gasteiger partial charge in [0.15, 0.2) is 0 Å². The van der Waals surface area contributed by atoms with Gasteiger partial charge in [0.05, 0.1) is 40.6 Å². The molecule has 0 saturated carbocycles. The van der Waals surface area contributed by atoms with Crippen molar-refractivity contribution in [3.63, 3.8) is 0 Å². The number of rotatable bonds is 11. The van der Waals surface area contributed by atoms with Crippen molar-refractivity contribution in [2.75, 3.05) is 27.4 Å². The van der Waals surface area contributed by atoms with Gasteiger partial charge in [-0.2, -0.15) is 0 Å². The minimum atomic E-state index is -1.51. The van der Waals surface area contributed by atoms with Crippen LogP contribution in [0.4, 0.5) is 4.39 Å². The molecule has 0 unspecified atom stereocenters. The van der Waals surface area contributed by atoms with E-state index in [1.807, 2.05) is 48.5 Å². The monoisotopic (exact) mass is 512 g/mol. The summed E-state index contributed by atoms with van der Waals surface area (Å²) in [5.74, 6) is 1.10.